The normalized spacial score (nSPS) is 13.4. The fourth-order valence-corrected chi connectivity index (χ4v) is 3.01. The first-order valence-electron chi connectivity index (χ1n) is 7.76. The summed E-state index contributed by atoms with van der Waals surface area (Å²) in [4.78, 5) is 0. The molecule has 1 atom stereocenters. The molecular weight excluding hydrogens is 270 g/mol. The molecular formula is C17H28ClNO. The standard InChI is InChI=1S/C17H28ClNO/c1-5-12-19-16(14-10-9-11-15(18)13-14)17(6-2,7-3)20-8-4/h9-11,13,16,19H,5-8,12H2,1-4H3. The quantitative estimate of drug-likeness (QED) is 0.694. The Morgan fingerprint density at radius 3 is 2.40 bits per heavy atom. The number of nitrogens with one attached hydrogen (secondary N) is 1. The second-order valence-electron chi connectivity index (χ2n) is 5.15. The molecule has 20 heavy (non-hydrogen) atoms. The molecule has 1 aromatic rings. The summed E-state index contributed by atoms with van der Waals surface area (Å²) in [6.07, 6.45) is 3.06. The Hall–Kier alpha value is -0.570. The Morgan fingerprint density at radius 1 is 1.20 bits per heavy atom. The third kappa shape index (κ3) is 4.21. The molecule has 1 unspecified atom stereocenters. The third-order valence-corrected chi connectivity index (χ3v) is 4.17. The van der Waals surface area contributed by atoms with Crippen molar-refractivity contribution in [3.8, 4) is 0 Å². The molecule has 0 aliphatic carbocycles. The zero-order valence-electron chi connectivity index (χ0n) is 13.2. The molecule has 0 saturated carbocycles. The highest BCUT2D eigenvalue weighted by molar-refractivity contribution is 6.30. The van der Waals surface area contributed by atoms with Crippen LogP contribution in [0.3, 0.4) is 0 Å². The van der Waals surface area contributed by atoms with Crippen LogP contribution in [-0.4, -0.2) is 18.8 Å². The van der Waals surface area contributed by atoms with Crippen LogP contribution in [0.4, 0.5) is 0 Å². The van der Waals surface area contributed by atoms with E-state index in [1.807, 2.05) is 18.2 Å². The maximum Gasteiger partial charge on any atom is 0.0870 e. The highest BCUT2D eigenvalue weighted by atomic mass is 35.5. The number of benzene rings is 1. The number of rotatable bonds is 9. The molecule has 0 fully saturated rings. The fourth-order valence-electron chi connectivity index (χ4n) is 2.82. The van der Waals surface area contributed by atoms with Crippen molar-refractivity contribution in [3.63, 3.8) is 0 Å². The molecule has 2 nitrogen and oxygen atoms in total. The molecule has 3 heteroatoms. The molecule has 0 saturated heterocycles. The summed E-state index contributed by atoms with van der Waals surface area (Å²) in [7, 11) is 0. The van der Waals surface area contributed by atoms with Gasteiger partial charge in [0.05, 0.1) is 11.6 Å². The van der Waals surface area contributed by atoms with E-state index >= 15 is 0 Å². The van der Waals surface area contributed by atoms with E-state index in [1.165, 1.54) is 5.56 Å². The van der Waals surface area contributed by atoms with E-state index in [2.05, 4.69) is 39.1 Å². The lowest BCUT2D eigenvalue weighted by Gasteiger charge is -2.40. The number of hydrogen-bond acceptors (Lipinski definition) is 2. The molecule has 0 heterocycles. The van der Waals surface area contributed by atoms with Crippen LogP contribution in [0, 0.1) is 0 Å². The molecule has 114 valence electrons. The molecule has 1 aromatic carbocycles. The minimum Gasteiger partial charge on any atom is -0.373 e. The molecule has 0 radical (unpaired) electrons. The van der Waals surface area contributed by atoms with Crippen molar-refractivity contribution >= 4 is 11.6 Å². The summed E-state index contributed by atoms with van der Waals surface area (Å²) in [5.74, 6) is 0. The third-order valence-electron chi connectivity index (χ3n) is 3.94. The summed E-state index contributed by atoms with van der Waals surface area (Å²) < 4.78 is 6.18. The van der Waals surface area contributed by atoms with Crippen LogP contribution in [0.5, 0.6) is 0 Å². The van der Waals surface area contributed by atoms with Gasteiger partial charge in [-0.05, 0) is 50.4 Å². The van der Waals surface area contributed by atoms with Gasteiger partial charge in [-0.2, -0.15) is 0 Å². The van der Waals surface area contributed by atoms with Crippen molar-refractivity contribution in [2.75, 3.05) is 13.2 Å². The zero-order valence-corrected chi connectivity index (χ0v) is 14.0. The monoisotopic (exact) mass is 297 g/mol. The van der Waals surface area contributed by atoms with Crippen LogP contribution in [0.25, 0.3) is 0 Å². The first-order chi connectivity index (χ1) is 9.63. The smallest absolute Gasteiger partial charge is 0.0870 e. The Bertz CT molecular complexity index is 390. The second kappa shape index (κ2) is 8.66. The van der Waals surface area contributed by atoms with Crippen molar-refractivity contribution in [2.24, 2.45) is 0 Å². The molecule has 0 bridgehead atoms. The maximum absolute atomic E-state index is 6.18. The molecule has 0 aliphatic heterocycles. The van der Waals surface area contributed by atoms with Crippen molar-refractivity contribution in [1.29, 1.82) is 0 Å². The maximum atomic E-state index is 6.18. The number of ether oxygens (including phenoxy) is 1. The molecule has 1 rings (SSSR count). The minimum absolute atomic E-state index is 0.172. The van der Waals surface area contributed by atoms with Gasteiger partial charge in [0.15, 0.2) is 0 Å². The highest BCUT2D eigenvalue weighted by Gasteiger charge is 2.37. The first kappa shape index (κ1) is 17.5. The Kier molecular flexibility index (Phi) is 7.57. The van der Waals surface area contributed by atoms with E-state index < -0.39 is 0 Å². The van der Waals surface area contributed by atoms with Crippen LogP contribution < -0.4 is 5.32 Å². The van der Waals surface area contributed by atoms with E-state index in [4.69, 9.17) is 16.3 Å². The fraction of sp³-hybridized carbons (Fsp3) is 0.647. The highest BCUT2D eigenvalue weighted by Crippen LogP contribution is 2.36. The molecule has 1 N–H and O–H groups in total. The SMILES string of the molecule is CCCNC(c1cccc(Cl)c1)C(CC)(CC)OCC. The van der Waals surface area contributed by atoms with Crippen molar-refractivity contribution < 1.29 is 4.74 Å². The van der Waals surface area contributed by atoms with Gasteiger partial charge in [-0.3, -0.25) is 0 Å². The van der Waals surface area contributed by atoms with E-state index in [1.54, 1.807) is 0 Å². The van der Waals surface area contributed by atoms with E-state index in [-0.39, 0.29) is 11.6 Å². The number of halogens is 1. The lowest BCUT2D eigenvalue weighted by molar-refractivity contribution is -0.0732. The first-order valence-corrected chi connectivity index (χ1v) is 8.14. The van der Waals surface area contributed by atoms with Crippen LogP contribution in [-0.2, 0) is 4.74 Å². The van der Waals surface area contributed by atoms with Gasteiger partial charge < -0.3 is 10.1 Å². The molecule has 0 amide bonds. The Balaban J connectivity index is 3.14. The summed E-state index contributed by atoms with van der Waals surface area (Å²) in [5, 5.41) is 4.44. The van der Waals surface area contributed by atoms with Crippen molar-refractivity contribution in [2.45, 2.75) is 58.6 Å². The summed E-state index contributed by atoms with van der Waals surface area (Å²) in [6, 6.07) is 8.30. The largest absolute Gasteiger partial charge is 0.373 e. The Labute approximate surface area is 128 Å². The lowest BCUT2D eigenvalue weighted by Crippen LogP contribution is -2.45. The van der Waals surface area contributed by atoms with Gasteiger partial charge in [-0.25, -0.2) is 0 Å². The van der Waals surface area contributed by atoms with Crippen LogP contribution in [0.2, 0.25) is 5.02 Å². The average Bonchev–Trinajstić information content (AvgIpc) is 2.46. The molecule has 0 spiro atoms. The van der Waals surface area contributed by atoms with Crippen LogP contribution in [0.15, 0.2) is 24.3 Å². The van der Waals surface area contributed by atoms with Gasteiger partial charge >= 0.3 is 0 Å². The molecule has 0 aliphatic rings. The van der Waals surface area contributed by atoms with E-state index in [0.717, 1.165) is 37.4 Å². The lowest BCUT2D eigenvalue weighted by atomic mass is 9.83. The summed E-state index contributed by atoms with van der Waals surface area (Å²) in [5.41, 5.74) is 1.04. The van der Waals surface area contributed by atoms with Crippen molar-refractivity contribution in [3.05, 3.63) is 34.9 Å². The van der Waals surface area contributed by atoms with E-state index in [9.17, 15) is 0 Å². The number of hydrogen-bond donors (Lipinski definition) is 1. The predicted molar refractivity (Wildman–Crippen MR) is 87.4 cm³/mol. The predicted octanol–water partition coefficient (Wildman–Crippen LogP) is 4.98. The van der Waals surface area contributed by atoms with Crippen LogP contribution in [0.1, 0.15) is 58.6 Å². The van der Waals surface area contributed by atoms with Gasteiger partial charge in [0.1, 0.15) is 0 Å². The summed E-state index contributed by atoms with van der Waals surface area (Å²) >= 11 is 6.17. The summed E-state index contributed by atoms with van der Waals surface area (Å²) in [6.45, 7) is 10.4. The van der Waals surface area contributed by atoms with E-state index in [0.29, 0.717) is 0 Å². The second-order valence-corrected chi connectivity index (χ2v) is 5.58. The van der Waals surface area contributed by atoms with Crippen molar-refractivity contribution in [1.82, 2.24) is 5.32 Å². The van der Waals surface area contributed by atoms with Gasteiger partial charge in [-0.1, -0.05) is 44.5 Å². The van der Waals surface area contributed by atoms with Gasteiger partial charge in [0.2, 0.25) is 0 Å². The Morgan fingerprint density at radius 2 is 1.90 bits per heavy atom. The van der Waals surface area contributed by atoms with Crippen LogP contribution >= 0.6 is 11.6 Å². The minimum atomic E-state index is -0.172. The average molecular weight is 298 g/mol. The molecule has 0 aromatic heterocycles. The van der Waals surface area contributed by atoms with Gasteiger partial charge in [0, 0.05) is 11.6 Å². The zero-order chi connectivity index (χ0) is 15.0. The topological polar surface area (TPSA) is 21.3 Å². The van der Waals surface area contributed by atoms with Gasteiger partial charge in [-0.15, -0.1) is 0 Å². The van der Waals surface area contributed by atoms with Gasteiger partial charge in [0.25, 0.3) is 0 Å².